The summed E-state index contributed by atoms with van der Waals surface area (Å²) in [5, 5.41) is 2.73. The summed E-state index contributed by atoms with van der Waals surface area (Å²) in [5.41, 5.74) is 8.71. The van der Waals surface area contributed by atoms with Gasteiger partial charge in [-0.25, -0.2) is 0 Å². The van der Waals surface area contributed by atoms with Crippen molar-refractivity contribution in [3.63, 3.8) is 0 Å². The number of anilines is 2. The van der Waals surface area contributed by atoms with Gasteiger partial charge in [0.2, 0.25) is 11.8 Å². The van der Waals surface area contributed by atoms with Gasteiger partial charge in [-0.2, -0.15) is 0 Å². The summed E-state index contributed by atoms with van der Waals surface area (Å²) in [5.74, 6) is -0.162. The molecule has 0 spiro atoms. The van der Waals surface area contributed by atoms with Crippen LogP contribution in [0.4, 0.5) is 11.4 Å². The number of hydrogen-bond donors (Lipinski definition) is 2. The van der Waals surface area contributed by atoms with E-state index in [0.717, 1.165) is 18.7 Å². The summed E-state index contributed by atoms with van der Waals surface area (Å²) in [4.78, 5) is 28.5. The molecule has 0 aromatic heterocycles. The van der Waals surface area contributed by atoms with Crippen LogP contribution in [-0.4, -0.2) is 49.4 Å². The van der Waals surface area contributed by atoms with Gasteiger partial charge in [0.1, 0.15) is 0 Å². The Labute approximate surface area is 159 Å². The number of piperazine rings is 1. The van der Waals surface area contributed by atoms with Gasteiger partial charge in [0.25, 0.3) is 0 Å². The molecule has 142 valence electrons. The molecule has 27 heavy (non-hydrogen) atoms. The zero-order chi connectivity index (χ0) is 19.1. The molecule has 1 saturated heterocycles. The minimum atomic E-state index is -0.130. The molecule has 0 radical (unpaired) electrons. The first-order valence-electron chi connectivity index (χ1n) is 9.31. The lowest BCUT2D eigenvalue weighted by Gasteiger charge is -2.36. The van der Waals surface area contributed by atoms with Crippen LogP contribution in [0.25, 0.3) is 0 Å². The number of amides is 2. The number of benzene rings is 2. The highest BCUT2D eigenvalue weighted by Crippen LogP contribution is 2.15. The molecule has 2 amide bonds. The van der Waals surface area contributed by atoms with E-state index in [1.807, 2.05) is 47.4 Å². The van der Waals surface area contributed by atoms with Gasteiger partial charge in [-0.3, -0.25) is 9.59 Å². The predicted octanol–water partition coefficient (Wildman–Crippen LogP) is 1.67. The summed E-state index contributed by atoms with van der Waals surface area (Å²) in [7, 11) is 0. The molecule has 0 unspecified atom stereocenters. The topological polar surface area (TPSA) is 78.7 Å². The average Bonchev–Trinajstić information content (AvgIpc) is 2.72. The van der Waals surface area contributed by atoms with Crippen molar-refractivity contribution < 1.29 is 9.59 Å². The first-order chi connectivity index (χ1) is 13.1. The number of nitrogens with two attached hydrogens (primary N) is 1. The van der Waals surface area contributed by atoms with Crippen LogP contribution in [0, 0.1) is 0 Å². The average molecular weight is 366 g/mol. The van der Waals surface area contributed by atoms with E-state index < -0.39 is 0 Å². The Balaban J connectivity index is 1.38. The van der Waals surface area contributed by atoms with Gasteiger partial charge in [0.15, 0.2) is 0 Å². The Hall–Kier alpha value is -3.02. The third-order valence-corrected chi connectivity index (χ3v) is 4.87. The van der Waals surface area contributed by atoms with Crippen molar-refractivity contribution in [2.75, 3.05) is 43.4 Å². The van der Waals surface area contributed by atoms with Crippen LogP contribution in [0.5, 0.6) is 0 Å². The smallest absolute Gasteiger partial charge is 0.242 e. The fourth-order valence-electron chi connectivity index (χ4n) is 3.24. The molecular formula is C21H26N4O2. The first-order valence-corrected chi connectivity index (χ1v) is 9.31. The maximum Gasteiger partial charge on any atom is 0.242 e. The molecule has 1 fully saturated rings. The molecule has 0 bridgehead atoms. The quantitative estimate of drug-likeness (QED) is 0.762. The number of rotatable bonds is 6. The predicted molar refractivity (Wildman–Crippen MR) is 107 cm³/mol. The van der Waals surface area contributed by atoms with Gasteiger partial charge < -0.3 is 20.9 Å². The number of para-hydroxylation sites is 2. The minimum Gasteiger partial charge on any atom is -0.399 e. The second-order valence-corrected chi connectivity index (χ2v) is 6.68. The SMILES string of the molecule is Nc1ccccc1CCC(=O)NCC(=O)N1CCN(c2ccccc2)CC1. The number of nitrogen functional groups attached to an aromatic ring is 1. The number of nitrogens with one attached hydrogen (secondary N) is 1. The lowest BCUT2D eigenvalue weighted by atomic mass is 10.1. The summed E-state index contributed by atoms with van der Waals surface area (Å²) in [6, 6.07) is 17.7. The number of hydrogen-bond acceptors (Lipinski definition) is 4. The van der Waals surface area contributed by atoms with Crippen molar-refractivity contribution in [1.82, 2.24) is 10.2 Å². The van der Waals surface area contributed by atoms with Crippen LogP contribution >= 0.6 is 0 Å². The summed E-state index contributed by atoms with van der Waals surface area (Å²) >= 11 is 0. The highest BCUT2D eigenvalue weighted by atomic mass is 16.2. The number of aryl methyl sites for hydroxylation is 1. The normalized spacial score (nSPS) is 14.1. The molecule has 0 aliphatic carbocycles. The Morgan fingerprint density at radius 2 is 1.59 bits per heavy atom. The van der Waals surface area contributed by atoms with Gasteiger partial charge in [0, 0.05) is 44.0 Å². The van der Waals surface area contributed by atoms with Gasteiger partial charge >= 0.3 is 0 Å². The van der Waals surface area contributed by atoms with Crippen molar-refractivity contribution in [3.05, 3.63) is 60.2 Å². The van der Waals surface area contributed by atoms with Crippen LogP contribution in [-0.2, 0) is 16.0 Å². The number of carbonyl (C=O) groups is 2. The van der Waals surface area contributed by atoms with Crippen LogP contribution in [0.3, 0.4) is 0 Å². The van der Waals surface area contributed by atoms with Crippen LogP contribution in [0.2, 0.25) is 0 Å². The molecule has 0 atom stereocenters. The second-order valence-electron chi connectivity index (χ2n) is 6.68. The van der Waals surface area contributed by atoms with E-state index in [0.29, 0.717) is 31.6 Å². The molecule has 1 aliphatic rings. The first kappa shape index (κ1) is 18.8. The molecule has 0 saturated carbocycles. The molecule has 3 N–H and O–H groups in total. The van der Waals surface area contributed by atoms with Crippen molar-refractivity contribution in [1.29, 1.82) is 0 Å². The van der Waals surface area contributed by atoms with Crippen molar-refractivity contribution in [3.8, 4) is 0 Å². The Morgan fingerprint density at radius 1 is 0.926 bits per heavy atom. The monoisotopic (exact) mass is 366 g/mol. The summed E-state index contributed by atoms with van der Waals surface area (Å²) < 4.78 is 0. The molecule has 6 heteroatoms. The fourth-order valence-corrected chi connectivity index (χ4v) is 3.24. The van der Waals surface area contributed by atoms with Crippen molar-refractivity contribution >= 4 is 23.2 Å². The van der Waals surface area contributed by atoms with E-state index >= 15 is 0 Å². The standard InChI is InChI=1S/C21H26N4O2/c22-19-9-5-4-6-17(19)10-11-20(26)23-16-21(27)25-14-12-24(13-15-25)18-7-2-1-3-8-18/h1-9H,10-16,22H2,(H,23,26). The lowest BCUT2D eigenvalue weighted by molar-refractivity contribution is -0.133. The largest absolute Gasteiger partial charge is 0.399 e. The van der Waals surface area contributed by atoms with Gasteiger partial charge in [0.05, 0.1) is 6.54 Å². The maximum atomic E-state index is 12.3. The van der Waals surface area contributed by atoms with Crippen molar-refractivity contribution in [2.24, 2.45) is 0 Å². The molecule has 1 heterocycles. The van der Waals surface area contributed by atoms with E-state index in [4.69, 9.17) is 5.73 Å². The van der Waals surface area contributed by atoms with E-state index in [1.165, 1.54) is 5.69 Å². The van der Waals surface area contributed by atoms with Gasteiger partial charge in [-0.05, 0) is 30.2 Å². The molecular weight excluding hydrogens is 340 g/mol. The Morgan fingerprint density at radius 3 is 2.30 bits per heavy atom. The highest BCUT2D eigenvalue weighted by Gasteiger charge is 2.21. The Bertz CT molecular complexity index is 771. The van der Waals surface area contributed by atoms with Crippen molar-refractivity contribution in [2.45, 2.75) is 12.8 Å². The van der Waals surface area contributed by atoms with E-state index in [1.54, 1.807) is 0 Å². The summed E-state index contributed by atoms with van der Waals surface area (Å²) in [6.45, 7) is 3.00. The molecule has 6 nitrogen and oxygen atoms in total. The minimum absolute atomic E-state index is 0.0321. The van der Waals surface area contributed by atoms with Crippen LogP contribution in [0.15, 0.2) is 54.6 Å². The van der Waals surface area contributed by atoms with Crippen LogP contribution in [0.1, 0.15) is 12.0 Å². The number of carbonyl (C=O) groups excluding carboxylic acids is 2. The zero-order valence-corrected chi connectivity index (χ0v) is 15.4. The van der Waals surface area contributed by atoms with E-state index in [-0.39, 0.29) is 18.4 Å². The highest BCUT2D eigenvalue weighted by molar-refractivity contribution is 5.85. The lowest BCUT2D eigenvalue weighted by Crippen LogP contribution is -2.51. The fraction of sp³-hybridized carbons (Fsp3) is 0.333. The molecule has 1 aliphatic heterocycles. The zero-order valence-electron chi connectivity index (χ0n) is 15.4. The van der Waals surface area contributed by atoms with E-state index in [9.17, 15) is 9.59 Å². The third kappa shape index (κ3) is 5.23. The van der Waals surface area contributed by atoms with E-state index in [2.05, 4.69) is 22.3 Å². The van der Waals surface area contributed by atoms with Crippen LogP contribution < -0.4 is 16.0 Å². The van der Waals surface area contributed by atoms with Gasteiger partial charge in [-0.1, -0.05) is 36.4 Å². The van der Waals surface area contributed by atoms with Gasteiger partial charge in [-0.15, -0.1) is 0 Å². The third-order valence-electron chi connectivity index (χ3n) is 4.87. The Kier molecular flexibility index (Phi) is 6.30. The molecule has 3 rings (SSSR count). The second kappa shape index (κ2) is 9.07. The number of nitrogens with zero attached hydrogens (tertiary/aromatic N) is 2. The molecule has 2 aromatic carbocycles. The maximum absolute atomic E-state index is 12.3. The summed E-state index contributed by atoms with van der Waals surface area (Å²) in [6.07, 6.45) is 0.895. The molecule has 2 aromatic rings.